The summed E-state index contributed by atoms with van der Waals surface area (Å²) >= 11 is 2.09. The molecule has 0 amide bonds. The molecule has 1 N–H and O–H groups in total. The van der Waals surface area contributed by atoms with E-state index in [0.717, 1.165) is 18.2 Å². The molecule has 0 aromatic carbocycles. The molecular weight excluding hydrogens is 258 g/mol. The zero-order valence-corrected chi connectivity index (χ0v) is 13.2. The molecule has 0 bridgehead atoms. The zero-order valence-electron chi connectivity index (χ0n) is 12.4. The largest absolute Gasteiger partial charge is 0.383 e. The summed E-state index contributed by atoms with van der Waals surface area (Å²) in [7, 11) is 1.73. The molecule has 2 atom stereocenters. The van der Waals surface area contributed by atoms with Gasteiger partial charge in [0.1, 0.15) is 0 Å². The van der Waals surface area contributed by atoms with Crippen molar-refractivity contribution in [3.63, 3.8) is 0 Å². The van der Waals surface area contributed by atoms with Gasteiger partial charge in [0.25, 0.3) is 0 Å². The van der Waals surface area contributed by atoms with Crippen LogP contribution >= 0.6 is 11.8 Å². The van der Waals surface area contributed by atoms with Gasteiger partial charge in [0, 0.05) is 30.6 Å². The first-order valence-corrected chi connectivity index (χ1v) is 7.94. The van der Waals surface area contributed by atoms with Gasteiger partial charge >= 0.3 is 0 Å². The van der Waals surface area contributed by atoms with Crippen molar-refractivity contribution >= 4 is 17.7 Å². The minimum absolute atomic E-state index is 0.273. The van der Waals surface area contributed by atoms with E-state index in [9.17, 15) is 0 Å². The molecule has 0 radical (unpaired) electrons. The minimum atomic E-state index is 0.273. The van der Waals surface area contributed by atoms with Gasteiger partial charge in [-0.1, -0.05) is 0 Å². The Morgan fingerprint density at radius 1 is 1.63 bits per heavy atom. The molecule has 1 aliphatic heterocycles. The predicted octanol–water partition coefficient (Wildman–Crippen LogP) is 2.92. The topological polar surface area (TPSA) is 39.1 Å². The summed E-state index contributed by atoms with van der Waals surface area (Å²) in [6.45, 7) is 8.25. The van der Waals surface area contributed by atoms with Gasteiger partial charge in [0.05, 0.1) is 12.3 Å². The molecular formula is C14H25N3OS. The van der Waals surface area contributed by atoms with Crippen molar-refractivity contribution in [2.24, 2.45) is 0 Å². The fourth-order valence-electron chi connectivity index (χ4n) is 2.62. The van der Waals surface area contributed by atoms with Crippen molar-refractivity contribution in [3.8, 4) is 0 Å². The minimum Gasteiger partial charge on any atom is -0.383 e. The first kappa shape index (κ1) is 14.7. The number of hydrogen-bond donors (Lipinski definition) is 1. The maximum Gasteiger partial charge on any atom is 0.203 e. The summed E-state index contributed by atoms with van der Waals surface area (Å²) in [6.07, 6.45) is 4.77. The number of ether oxygens (including phenoxy) is 1. The molecule has 0 aliphatic carbocycles. The number of aryl methyl sites for hydroxylation is 1. The number of thioether (sulfide) groups is 1. The van der Waals surface area contributed by atoms with Gasteiger partial charge in [-0.15, -0.1) is 0 Å². The van der Waals surface area contributed by atoms with E-state index in [1.165, 1.54) is 18.6 Å². The van der Waals surface area contributed by atoms with E-state index in [2.05, 4.69) is 46.7 Å². The fraction of sp³-hybridized carbons (Fsp3) is 0.786. The van der Waals surface area contributed by atoms with E-state index in [1.807, 2.05) is 6.92 Å². The van der Waals surface area contributed by atoms with Gasteiger partial charge in [-0.2, -0.15) is 11.8 Å². The van der Waals surface area contributed by atoms with E-state index in [-0.39, 0.29) is 6.04 Å². The van der Waals surface area contributed by atoms with Crippen molar-refractivity contribution in [1.29, 1.82) is 0 Å². The van der Waals surface area contributed by atoms with Crippen LogP contribution < -0.4 is 5.32 Å². The van der Waals surface area contributed by atoms with Crippen molar-refractivity contribution in [1.82, 2.24) is 9.55 Å². The van der Waals surface area contributed by atoms with Crippen molar-refractivity contribution in [2.75, 3.05) is 24.8 Å². The summed E-state index contributed by atoms with van der Waals surface area (Å²) in [6, 6.07) is 0.273. The Hall–Kier alpha value is -0.680. The second-order valence-corrected chi connectivity index (χ2v) is 7.42. The molecule has 4 nitrogen and oxygen atoms in total. The molecule has 1 saturated heterocycles. The average Bonchev–Trinajstić information content (AvgIpc) is 2.87. The van der Waals surface area contributed by atoms with Crippen LogP contribution in [0.25, 0.3) is 0 Å². The highest BCUT2D eigenvalue weighted by molar-refractivity contribution is 8.00. The van der Waals surface area contributed by atoms with E-state index in [1.54, 1.807) is 7.11 Å². The number of aromatic nitrogens is 2. The normalized spacial score (nSPS) is 24.6. The van der Waals surface area contributed by atoms with E-state index in [0.29, 0.717) is 11.4 Å². The molecule has 1 aliphatic rings. The lowest BCUT2D eigenvalue weighted by molar-refractivity contribution is 0.190. The summed E-state index contributed by atoms with van der Waals surface area (Å²) < 4.78 is 7.79. The molecule has 2 unspecified atom stereocenters. The molecule has 19 heavy (non-hydrogen) atoms. The van der Waals surface area contributed by atoms with E-state index in [4.69, 9.17) is 4.74 Å². The maximum atomic E-state index is 5.17. The summed E-state index contributed by atoms with van der Waals surface area (Å²) in [4.78, 5) is 4.59. The molecule has 1 aromatic rings. The SMILES string of the molecule is COCC(C)Nc1nc(C)cn1CC1(C)CCCS1. The van der Waals surface area contributed by atoms with Crippen LogP contribution in [0.4, 0.5) is 5.95 Å². The van der Waals surface area contributed by atoms with Crippen LogP contribution in [-0.4, -0.2) is 39.8 Å². The van der Waals surface area contributed by atoms with Crippen LogP contribution in [0.5, 0.6) is 0 Å². The van der Waals surface area contributed by atoms with E-state index >= 15 is 0 Å². The molecule has 1 fully saturated rings. The van der Waals surface area contributed by atoms with Crippen LogP contribution in [0.15, 0.2) is 6.20 Å². The Morgan fingerprint density at radius 2 is 2.42 bits per heavy atom. The summed E-state index contributed by atoms with van der Waals surface area (Å²) in [5.74, 6) is 2.25. The van der Waals surface area contributed by atoms with Crippen LogP contribution in [0.1, 0.15) is 32.4 Å². The van der Waals surface area contributed by atoms with Crippen molar-refractivity contribution < 1.29 is 4.74 Å². The standard InChI is InChI=1S/C14H25N3OS/c1-11-8-17(10-14(3)6-5-7-19-14)13(15-11)16-12(2)9-18-4/h8,12H,5-7,9-10H2,1-4H3,(H,15,16). The highest BCUT2D eigenvalue weighted by atomic mass is 32.2. The van der Waals surface area contributed by atoms with Gasteiger partial charge < -0.3 is 14.6 Å². The van der Waals surface area contributed by atoms with E-state index < -0.39 is 0 Å². The quantitative estimate of drug-likeness (QED) is 0.871. The number of imidazole rings is 1. The highest BCUT2D eigenvalue weighted by Crippen LogP contribution is 2.39. The number of nitrogens with one attached hydrogen (secondary N) is 1. The monoisotopic (exact) mass is 283 g/mol. The zero-order chi connectivity index (χ0) is 13.9. The van der Waals surface area contributed by atoms with Gasteiger partial charge in [-0.25, -0.2) is 4.98 Å². The molecule has 0 saturated carbocycles. The first-order chi connectivity index (χ1) is 9.02. The Labute approximate surface area is 120 Å². The molecule has 108 valence electrons. The molecule has 1 aromatic heterocycles. The van der Waals surface area contributed by atoms with Crippen LogP contribution in [-0.2, 0) is 11.3 Å². The Balaban J connectivity index is 2.07. The number of rotatable bonds is 6. The van der Waals surface area contributed by atoms with Crippen LogP contribution in [0.3, 0.4) is 0 Å². The van der Waals surface area contributed by atoms with Crippen LogP contribution in [0, 0.1) is 6.92 Å². The first-order valence-electron chi connectivity index (χ1n) is 6.96. The van der Waals surface area contributed by atoms with Gasteiger partial charge in [0.15, 0.2) is 0 Å². The number of methoxy groups -OCH3 is 1. The van der Waals surface area contributed by atoms with Crippen LogP contribution in [0.2, 0.25) is 0 Å². The number of nitrogens with zero attached hydrogens (tertiary/aromatic N) is 2. The smallest absolute Gasteiger partial charge is 0.203 e. The van der Waals surface area contributed by atoms with Gasteiger partial charge in [-0.3, -0.25) is 0 Å². The predicted molar refractivity (Wildman–Crippen MR) is 82.0 cm³/mol. The highest BCUT2D eigenvalue weighted by Gasteiger charge is 2.30. The van der Waals surface area contributed by atoms with Gasteiger partial charge in [-0.05, 0) is 39.4 Å². The Morgan fingerprint density at radius 3 is 3.05 bits per heavy atom. The summed E-state index contributed by atoms with van der Waals surface area (Å²) in [5.41, 5.74) is 1.07. The third-order valence-corrected chi connectivity index (χ3v) is 5.02. The average molecular weight is 283 g/mol. The van der Waals surface area contributed by atoms with Gasteiger partial charge in [0.2, 0.25) is 5.95 Å². The second-order valence-electron chi connectivity index (χ2n) is 5.74. The molecule has 2 heterocycles. The fourth-order valence-corrected chi connectivity index (χ4v) is 3.92. The third kappa shape index (κ3) is 3.89. The Bertz CT molecular complexity index is 413. The Kier molecular flexibility index (Phi) is 4.79. The number of hydrogen-bond acceptors (Lipinski definition) is 4. The lowest BCUT2D eigenvalue weighted by Crippen LogP contribution is -2.27. The van der Waals surface area contributed by atoms with Crippen molar-refractivity contribution in [3.05, 3.63) is 11.9 Å². The lowest BCUT2D eigenvalue weighted by atomic mass is 10.1. The molecule has 5 heteroatoms. The number of anilines is 1. The lowest BCUT2D eigenvalue weighted by Gasteiger charge is -2.25. The van der Waals surface area contributed by atoms with Crippen molar-refractivity contribution in [2.45, 2.75) is 50.9 Å². The summed E-state index contributed by atoms with van der Waals surface area (Å²) in [5, 5.41) is 3.44. The molecule has 0 spiro atoms. The molecule has 2 rings (SSSR count). The third-order valence-electron chi connectivity index (χ3n) is 3.49. The maximum absolute atomic E-state index is 5.17. The second kappa shape index (κ2) is 6.18.